The van der Waals surface area contributed by atoms with Gasteiger partial charge in [-0.3, -0.25) is 0 Å². The molecule has 0 aliphatic heterocycles. The van der Waals surface area contributed by atoms with Crippen molar-refractivity contribution < 1.29 is 0 Å². The lowest BCUT2D eigenvalue weighted by Crippen LogP contribution is -1.83. The molecule has 0 amide bonds. The highest BCUT2D eigenvalue weighted by molar-refractivity contribution is 7.98. The van der Waals surface area contributed by atoms with Gasteiger partial charge in [0.15, 0.2) is 0 Å². The lowest BCUT2D eigenvalue weighted by atomic mass is 10.2. The van der Waals surface area contributed by atoms with Gasteiger partial charge in [0.2, 0.25) is 0 Å². The van der Waals surface area contributed by atoms with E-state index in [4.69, 9.17) is 28.5 Å². The molecule has 12 heavy (non-hydrogen) atoms. The minimum Gasteiger partial charge on any atom is -0.192 e. The van der Waals surface area contributed by atoms with Crippen LogP contribution in [0.15, 0.2) is 17.0 Å². The van der Waals surface area contributed by atoms with Crippen molar-refractivity contribution in [2.75, 3.05) is 6.26 Å². The predicted molar refractivity (Wildman–Crippen MR) is 53.0 cm³/mol. The van der Waals surface area contributed by atoms with Gasteiger partial charge in [-0.05, 0) is 18.4 Å². The molecule has 0 unspecified atom stereocenters. The van der Waals surface area contributed by atoms with Crippen molar-refractivity contribution in [1.29, 1.82) is 5.26 Å². The molecule has 0 aliphatic rings. The van der Waals surface area contributed by atoms with Crippen molar-refractivity contribution in [3.63, 3.8) is 0 Å². The zero-order valence-corrected chi connectivity index (χ0v) is 8.59. The predicted octanol–water partition coefficient (Wildman–Crippen LogP) is 3.59. The van der Waals surface area contributed by atoms with E-state index in [1.165, 1.54) is 11.8 Å². The van der Waals surface area contributed by atoms with E-state index in [1.807, 2.05) is 12.3 Å². The summed E-state index contributed by atoms with van der Waals surface area (Å²) in [6.45, 7) is 0. The molecule has 0 aliphatic carbocycles. The summed E-state index contributed by atoms with van der Waals surface area (Å²) in [4.78, 5) is 0.742. The topological polar surface area (TPSA) is 23.8 Å². The van der Waals surface area contributed by atoms with Gasteiger partial charge >= 0.3 is 0 Å². The molecule has 0 fully saturated rings. The van der Waals surface area contributed by atoms with E-state index in [0.717, 1.165) is 4.90 Å². The Hall–Kier alpha value is -0.360. The van der Waals surface area contributed by atoms with E-state index in [0.29, 0.717) is 15.6 Å². The molecule has 0 heterocycles. The molecule has 1 rings (SSSR count). The SMILES string of the molecule is CSc1c(Cl)ccc(Cl)c1C#N. The molecule has 0 radical (unpaired) electrons. The van der Waals surface area contributed by atoms with E-state index in [9.17, 15) is 0 Å². The highest BCUT2D eigenvalue weighted by atomic mass is 35.5. The van der Waals surface area contributed by atoms with Gasteiger partial charge < -0.3 is 0 Å². The minimum atomic E-state index is 0.450. The molecular formula is C8H5Cl2NS. The van der Waals surface area contributed by atoms with E-state index >= 15 is 0 Å². The number of nitriles is 1. The maximum absolute atomic E-state index is 8.75. The second-order valence-corrected chi connectivity index (χ2v) is 3.68. The first-order valence-corrected chi connectivity index (χ1v) is 5.11. The van der Waals surface area contributed by atoms with Gasteiger partial charge in [-0.1, -0.05) is 23.2 Å². The summed E-state index contributed by atoms with van der Waals surface area (Å²) in [6, 6.07) is 5.34. The number of nitrogens with zero attached hydrogens (tertiary/aromatic N) is 1. The Labute approximate surface area is 85.3 Å². The summed E-state index contributed by atoms with van der Waals surface area (Å²) >= 11 is 13.1. The first kappa shape index (κ1) is 9.73. The van der Waals surface area contributed by atoms with Crippen LogP contribution in [0.1, 0.15) is 5.56 Å². The van der Waals surface area contributed by atoms with Crippen molar-refractivity contribution in [1.82, 2.24) is 0 Å². The van der Waals surface area contributed by atoms with Gasteiger partial charge in [-0.15, -0.1) is 11.8 Å². The fraction of sp³-hybridized carbons (Fsp3) is 0.125. The summed E-state index contributed by atoms with van der Waals surface area (Å²) in [5.74, 6) is 0. The summed E-state index contributed by atoms with van der Waals surface area (Å²) in [5, 5.41) is 9.77. The Morgan fingerprint density at radius 1 is 1.33 bits per heavy atom. The summed E-state index contributed by atoms with van der Waals surface area (Å²) in [7, 11) is 0. The van der Waals surface area contributed by atoms with Crippen molar-refractivity contribution >= 4 is 35.0 Å². The van der Waals surface area contributed by atoms with Crippen LogP contribution in [-0.4, -0.2) is 6.26 Å². The molecule has 1 aromatic carbocycles. The molecule has 0 aromatic heterocycles. The van der Waals surface area contributed by atoms with E-state index in [2.05, 4.69) is 0 Å². The second kappa shape index (κ2) is 4.04. The standard InChI is InChI=1S/C8H5Cl2NS/c1-12-8-5(4-11)6(9)2-3-7(8)10/h2-3H,1H3. The Morgan fingerprint density at radius 2 is 1.92 bits per heavy atom. The number of halogens is 2. The van der Waals surface area contributed by atoms with Crippen LogP contribution in [-0.2, 0) is 0 Å². The number of rotatable bonds is 1. The van der Waals surface area contributed by atoms with Crippen LogP contribution in [0.3, 0.4) is 0 Å². The molecule has 0 bridgehead atoms. The number of benzene rings is 1. The van der Waals surface area contributed by atoms with Gasteiger partial charge in [-0.2, -0.15) is 5.26 Å². The Kier molecular flexibility index (Phi) is 3.28. The largest absolute Gasteiger partial charge is 0.192 e. The maximum Gasteiger partial charge on any atom is 0.102 e. The fourth-order valence-electron chi connectivity index (χ4n) is 0.837. The molecule has 0 saturated heterocycles. The second-order valence-electron chi connectivity index (χ2n) is 2.05. The third-order valence-electron chi connectivity index (χ3n) is 1.37. The quantitative estimate of drug-likeness (QED) is 0.672. The lowest BCUT2D eigenvalue weighted by Gasteiger charge is -2.03. The number of hydrogen-bond donors (Lipinski definition) is 0. The fourth-order valence-corrected chi connectivity index (χ4v) is 2.10. The van der Waals surface area contributed by atoms with E-state index in [1.54, 1.807) is 12.1 Å². The average molecular weight is 218 g/mol. The van der Waals surface area contributed by atoms with Crippen molar-refractivity contribution in [2.24, 2.45) is 0 Å². The zero-order valence-electron chi connectivity index (χ0n) is 6.27. The Morgan fingerprint density at radius 3 is 2.33 bits per heavy atom. The molecular weight excluding hydrogens is 213 g/mol. The highest BCUT2D eigenvalue weighted by Crippen LogP contribution is 2.32. The molecule has 1 nitrogen and oxygen atoms in total. The molecule has 62 valence electrons. The van der Waals surface area contributed by atoms with Crippen molar-refractivity contribution in [3.8, 4) is 6.07 Å². The normalized spacial score (nSPS) is 9.50. The molecule has 4 heteroatoms. The maximum atomic E-state index is 8.75. The lowest BCUT2D eigenvalue weighted by molar-refractivity contribution is 1.37. The third-order valence-corrected chi connectivity index (χ3v) is 2.95. The van der Waals surface area contributed by atoms with Crippen LogP contribution in [0.4, 0.5) is 0 Å². The van der Waals surface area contributed by atoms with Gasteiger partial charge in [0.1, 0.15) is 6.07 Å². The first-order chi connectivity index (χ1) is 5.70. The summed E-state index contributed by atoms with van der Waals surface area (Å²) in [5.41, 5.74) is 0.455. The first-order valence-electron chi connectivity index (χ1n) is 3.12. The highest BCUT2D eigenvalue weighted by Gasteiger charge is 2.09. The van der Waals surface area contributed by atoms with Crippen molar-refractivity contribution in [3.05, 3.63) is 27.7 Å². The van der Waals surface area contributed by atoms with Crippen LogP contribution < -0.4 is 0 Å². The Balaban J connectivity index is 3.41. The number of thioether (sulfide) groups is 1. The average Bonchev–Trinajstić information content (AvgIpc) is 2.08. The van der Waals surface area contributed by atoms with E-state index < -0.39 is 0 Å². The van der Waals surface area contributed by atoms with Crippen LogP contribution in [0.25, 0.3) is 0 Å². The van der Waals surface area contributed by atoms with E-state index in [-0.39, 0.29) is 0 Å². The van der Waals surface area contributed by atoms with Crippen LogP contribution in [0, 0.1) is 11.3 Å². The molecule has 0 N–H and O–H groups in total. The van der Waals surface area contributed by atoms with Crippen LogP contribution >= 0.6 is 35.0 Å². The van der Waals surface area contributed by atoms with Gasteiger partial charge in [-0.25, -0.2) is 0 Å². The third kappa shape index (κ3) is 1.69. The van der Waals surface area contributed by atoms with Crippen LogP contribution in [0.5, 0.6) is 0 Å². The van der Waals surface area contributed by atoms with Gasteiger partial charge in [0.25, 0.3) is 0 Å². The minimum absolute atomic E-state index is 0.450. The molecule has 0 saturated carbocycles. The smallest absolute Gasteiger partial charge is 0.102 e. The summed E-state index contributed by atoms with van der Waals surface area (Å²) in [6.07, 6.45) is 1.86. The van der Waals surface area contributed by atoms with Gasteiger partial charge in [0, 0.05) is 4.90 Å². The monoisotopic (exact) mass is 217 g/mol. The molecule has 0 atom stereocenters. The zero-order chi connectivity index (χ0) is 9.14. The van der Waals surface area contributed by atoms with Crippen molar-refractivity contribution in [2.45, 2.75) is 4.90 Å². The summed E-state index contributed by atoms with van der Waals surface area (Å²) < 4.78 is 0. The molecule has 0 spiro atoms. The number of hydrogen-bond acceptors (Lipinski definition) is 2. The van der Waals surface area contributed by atoms with Gasteiger partial charge in [0.05, 0.1) is 15.6 Å². The Bertz CT molecular complexity index is 344. The van der Waals surface area contributed by atoms with Crippen LogP contribution in [0.2, 0.25) is 10.0 Å². The molecule has 1 aromatic rings.